The molecule has 4 rings (SSSR count). The van der Waals surface area contributed by atoms with Crippen LogP contribution in [-0.2, 0) is 14.3 Å². The molecule has 1 aliphatic carbocycles. The molecule has 176 valence electrons. The second kappa shape index (κ2) is 9.72. The van der Waals surface area contributed by atoms with Gasteiger partial charge in [0, 0.05) is 33.5 Å². The normalized spacial score (nSPS) is 12.7. The van der Waals surface area contributed by atoms with Gasteiger partial charge in [0.15, 0.2) is 17.7 Å². The van der Waals surface area contributed by atoms with E-state index in [9.17, 15) is 24.0 Å². The molecule has 0 aliphatic heterocycles. The minimum Gasteiger partial charge on any atom is -0.451 e. The zero-order valence-electron chi connectivity index (χ0n) is 19.1. The first-order chi connectivity index (χ1) is 16.7. The summed E-state index contributed by atoms with van der Waals surface area (Å²) in [5, 5.41) is 5.03. The van der Waals surface area contributed by atoms with E-state index < -0.39 is 30.4 Å². The molecule has 0 saturated carbocycles. The van der Waals surface area contributed by atoms with E-state index >= 15 is 0 Å². The first kappa shape index (κ1) is 23.6. The maximum absolute atomic E-state index is 12.8. The van der Waals surface area contributed by atoms with Crippen molar-refractivity contribution in [3.8, 4) is 0 Å². The molecule has 0 aromatic heterocycles. The fourth-order valence-corrected chi connectivity index (χ4v) is 3.67. The summed E-state index contributed by atoms with van der Waals surface area (Å²) in [6, 6.07) is 17.8. The van der Waals surface area contributed by atoms with Crippen LogP contribution < -0.4 is 10.6 Å². The first-order valence-corrected chi connectivity index (χ1v) is 10.9. The molecule has 3 aromatic carbocycles. The number of anilines is 1. The Labute approximate surface area is 201 Å². The number of fused-ring (bicyclic) bond motifs is 2. The van der Waals surface area contributed by atoms with Crippen LogP contribution in [0.1, 0.15) is 54.7 Å². The van der Waals surface area contributed by atoms with Gasteiger partial charge in [-0.15, -0.1) is 0 Å². The molecule has 35 heavy (non-hydrogen) atoms. The lowest BCUT2D eigenvalue weighted by atomic mass is 9.84. The van der Waals surface area contributed by atoms with Crippen molar-refractivity contribution in [3.63, 3.8) is 0 Å². The Morgan fingerprint density at radius 2 is 1.43 bits per heavy atom. The number of ketones is 2. The lowest BCUT2D eigenvalue weighted by Gasteiger charge is -2.19. The van der Waals surface area contributed by atoms with Crippen molar-refractivity contribution >= 4 is 35.0 Å². The van der Waals surface area contributed by atoms with Gasteiger partial charge in [0.25, 0.3) is 11.8 Å². The Balaban J connectivity index is 1.35. The third-order valence-electron chi connectivity index (χ3n) is 5.58. The minimum atomic E-state index is -1.16. The highest BCUT2D eigenvalue weighted by Gasteiger charge is 2.29. The number of benzene rings is 3. The van der Waals surface area contributed by atoms with Gasteiger partial charge in [0.1, 0.15) is 6.54 Å². The van der Waals surface area contributed by atoms with Gasteiger partial charge >= 0.3 is 5.97 Å². The average molecular weight is 470 g/mol. The van der Waals surface area contributed by atoms with Gasteiger partial charge in [0.05, 0.1) is 0 Å². The summed E-state index contributed by atoms with van der Waals surface area (Å²) < 4.78 is 5.10. The van der Waals surface area contributed by atoms with Crippen molar-refractivity contribution in [1.82, 2.24) is 5.32 Å². The van der Waals surface area contributed by atoms with Gasteiger partial charge in [-0.1, -0.05) is 42.0 Å². The summed E-state index contributed by atoms with van der Waals surface area (Å²) in [6.45, 7) is 2.88. The molecule has 3 aromatic rings. The van der Waals surface area contributed by atoms with Crippen molar-refractivity contribution in [2.75, 3.05) is 11.9 Å². The number of aryl methyl sites for hydroxylation is 1. The van der Waals surface area contributed by atoms with Crippen LogP contribution in [0.2, 0.25) is 0 Å². The molecule has 1 atom stereocenters. The van der Waals surface area contributed by atoms with Gasteiger partial charge < -0.3 is 15.4 Å². The van der Waals surface area contributed by atoms with Gasteiger partial charge in [-0.25, -0.2) is 0 Å². The number of amides is 2. The molecule has 0 bridgehead atoms. The standard InChI is InChI=1S/C27H22N2O6/c1-15-7-9-17(10-8-15)27(34)28-14-23(30)35-16(2)26(33)29-18-11-12-21-22(13-18)25(32)20-6-4-3-5-19(20)24(21)31/h3-13,16H,14H2,1-2H3,(H,28,34)(H,29,33). The number of carbonyl (C=O) groups is 5. The average Bonchev–Trinajstić information content (AvgIpc) is 2.86. The molecule has 2 N–H and O–H groups in total. The highest BCUT2D eigenvalue weighted by molar-refractivity contribution is 6.28. The molecular formula is C27H22N2O6. The van der Waals surface area contributed by atoms with E-state index in [4.69, 9.17) is 4.74 Å². The van der Waals surface area contributed by atoms with Crippen LogP contribution in [0, 0.1) is 6.92 Å². The second-order valence-corrected chi connectivity index (χ2v) is 8.13. The van der Waals surface area contributed by atoms with Crippen molar-refractivity contribution in [1.29, 1.82) is 0 Å². The van der Waals surface area contributed by atoms with Gasteiger partial charge in [-0.2, -0.15) is 0 Å². The SMILES string of the molecule is Cc1ccc(C(=O)NCC(=O)OC(C)C(=O)Nc2ccc3c(c2)C(=O)c2ccccc2C3=O)cc1. The fourth-order valence-electron chi connectivity index (χ4n) is 3.67. The maximum Gasteiger partial charge on any atom is 0.326 e. The Morgan fingerprint density at radius 1 is 0.829 bits per heavy atom. The molecule has 0 saturated heterocycles. The lowest BCUT2D eigenvalue weighted by Crippen LogP contribution is -2.35. The van der Waals surface area contributed by atoms with Crippen LogP contribution in [0.3, 0.4) is 0 Å². The second-order valence-electron chi connectivity index (χ2n) is 8.13. The summed E-state index contributed by atoms with van der Waals surface area (Å²) in [6.07, 6.45) is -1.16. The van der Waals surface area contributed by atoms with Crippen LogP contribution in [0.15, 0.2) is 66.7 Å². The van der Waals surface area contributed by atoms with Gasteiger partial charge in [-0.05, 0) is 44.2 Å². The third-order valence-corrected chi connectivity index (χ3v) is 5.58. The smallest absolute Gasteiger partial charge is 0.326 e. The molecular weight excluding hydrogens is 448 g/mol. The first-order valence-electron chi connectivity index (χ1n) is 10.9. The minimum absolute atomic E-state index is 0.190. The number of esters is 1. The van der Waals surface area contributed by atoms with Gasteiger partial charge in [0.2, 0.25) is 0 Å². The van der Waals surface area contributed by atoms with Crippen LogP contribution in [0.5, 0.6) is 0 Å². The molecule has 2 amide bonds. The third kappa shape index (κ3) is 5.01. The van der Waals surface area contributed by atoms with E-state index in [1.54, 1.807) is 48.5 Å². The van der Waals surface area contributed by atoms with Gasteiger partial charge in [-0.3, -0.25) is 24.0 Å². The molecule has 8 nitrogen and oxygen atoms in total. The Morgan fingerprint density at radius 3 is 2.09 bits per heavy atom. The topological polar surface area (TPSA) is 119 Å². The van der Waals surface area contributed by atoms with Crippen molar-refractivity contribution in [2.45, 2.75) is 20.0 Å². The fraction of sp³-hybridized carbons (Fsp3) is 0.148. The molecule has 0 radical (unpaired) electrons. The van der Waals surface area contributed by atoms with Crippen LogP contribution in [-0.4, -0.2) is 42.0 Å². The summed E-state index contributed by atoms with van der Waals surface area (Å²) in [5.41, 5.74) is 2.79. The number of nitrogens with one attached hydrogen (secondary N) is 2. The summed E-state index contributed by atoms with van der Waals surface area (Å²) in [4.78, 5) is 62.3. The monoisotopic (exact) mass is 470 g/mol. The van der Waals surface area contributed by atoms with E-state index in [0.29, 0.717) is 16.7 Å². The number of ether oxygens (including phenoxy) is 1. The molecule has 0 heterocycles. The van der Waals surface area contributed by atoms with Crippen LogP contribution in [0.4, 0.5) is 5.69 Å². The Hall–Kier alpha value is -4.59. The number of rotatable bonds is 6. The summed E-state index contributed by atoms with van der Waals surface area (Å²) >= 11 is 0. The highest BCUT2D eigenvalue weighted by Crippen LogP contribution is 2.29. The zero-order chi connectivity index (χ0) is 25.1. The number of hydrogen-bond acceptors (Lipinski definition) is 6. The van der Waals surface area contributed by atoms with Crippen molar-refractivity contribution < 1.29 is 28.7 Å². The molecule has 0 fully saturated rings. The number of hydrogen-bond donors (Lipinski definition) is 2. The van der Waals surface area contributed by atoms with E-state index in [2.05, 4.69) is 10.6 Å². The predicted octanol–water partition coefficient (Wildman–Crippen LogP) is 3.07. The van der Waals surface area contributed by atoms with Crippen molar-refractivity contribution in [3.05, 3.63) is 100 Å². The van der Waals surface area contributed by atoms with Crippen LogP contribution in [0.25, 0.3) is 0 Å². The molecule has 8 heteroatoms. The highest BCUT2D eigenvalue weighted by atomic mass is 16.5. The largest absolute Gasteiger partial charge is 0.451 e. The van der Waals surface area contributed by atoms with E-state index in [1.165, 1.54) is 25.1 Å². The Bertz CT molecular complexity index is 1360. The summed E-state index contributed by atoms with van der Waals surface area (Å²) in [7, 11) is 0. The maximum atomic E-state index is 12.8. The predicted molar refractivity (Wildman–Crippen MR) is 127 cm³/mol. The quantitative estimate of drug-likeness (QED) is 0.418. The van der Waals surface area contributed by atoms with Crippen molar-refractivity contribution in [2.24, 2.45) is 0 Å². The Kier molecular flexibility index (Phi) is 6.55. The lowest BCUT2D eigenvalue weighted by molar-refractivity contribution is -0.152. The van der Waals surface area contributed by atoms with Crippen LogP contribution >= 0.6 is 0 Å². The molecule has 1 aliphatic rings. The molecule has 1 unspecified atom stereocenters. The van der Waals surface area contributed by atoms with E-state index in [0.717, 1.165) is 5.56 Å². The molecule has 0 spiro atoms. The van der Waals surface area contributed by atoms with E-state index in [1.807, 2.05) is 6.92 Å². The van der Waals surface area contributed by atoms with E-state index in [-0.39, 0.29) is 28.4 Å². The summed E-state index contributed by atoms with van der Waals surface area (Å²) in [5.74, 6) is -2.42. The zero-order valence-corrected chi connectivity index (χ0v) is 19.1. The number of carbonyl (C=O) groups excluding carboxylic acids is 5.